The van der Waals surface area contributed by atoms with Crippen LogP contribution in [0.5, 0.6) is 5.75 Å². The van der Waals surface area contributed by atoms with E-state index in [2.05, 4.69) is 10.3 Å². The van der Waals surface area contributed by atoms with Gasteiger partial charge in [0.1, 0.15) is 5.75 Å². The molecule has 0 bridgehead atoms. The van der Waals surface area contributed by atoms with Crippen LogP contribution in [0.25, 0.3) is 10.9 Å². The average Bonchev–Trinajstić information content (AvgIpc) is 3.35. The Morgan fingerprint density at radius 2 is 2.00 bits per heavy atom. The van der Waals surface area contributed by atoms with Crippen molar-refractivity contribution in [2.75, 3.05) is 25.1 Å². The molecule has 0 spiro atoms. The van der Waals surface area contributed by atoms with Gasteiger partial charge in [-0.2, -0.15) is 13.2 Å². The lowest BCUT2D eigenvalue weighted by atomic mass is 9.89. The van der Waals surface area contributed by atoms with Crippen LogP contribution in [-0.4, -0.2) is 30.7 Å². The van der Waals surface area contributed by atoms with Crippen molar-refractivity contribution in [3.05, 3.63) is 59.8 Å². The van der Waals surface area contributed by atoms with Gasteiger partial charge in [0, 0.05) is 30.1 Å². The molecule has 8 heteroatoms. The Morgan fingerprint density at radius 3 is 2.68 bits per heavy atom. The van der Waals surface area contributed by atoms with Crippen LogP contribution in [0.3, 0.4) is 0 Å². The molecule has 1 unspecified atom stereocenters. The van der Waals surface area contributed by atoms with E-state index in [0.717, 1.165) is 28.6 Å². The van der Waals surface area contributed by atoms with E-state index in [1.807, 2.05) is 25.1 Å². The summed E-state index contributed by atoms with van der Waals surface area (Å²) in [7, 11) is 0. The number of H-pyrrole nitrogens is 1. The molecule has 164 valence electrons. The highest BCUT2D eigenvalue weighted by atomic mass is 19.4. The molecule has 3 aromatic rings. The molecule has 31 heavy (non-hydrogen) atoms. The van der Waals surface area contributed by atoms with Crippen molar-refractivity contribution in [2.24, 2.45) is 5.41 Å². The van der Waals surface area contributed by atoms with Crippen molar-refractivity contribution in [3.8, 4) is 5.75 Å². The molecule has 1 amide bonds. The first-order valence-electron chi connectivity index (χ1n) is 10.0. The molecule has 2 aromatic carbocycles. The largest absolute Gasteiger partial charge is 0.493 e. The molecule has 0 aliphatic carbocycles. The summed E-state index contributed by atoms with van der Waals surface area (Å²) in [6, 6.07) is 10.5. The van der Waals surface area contributed by atoms with Gasteiger partial charge in [-0.05, 0) is 55.3 Å². The van der Waals surface area contributed by atoms with Crippen LogP contribution in [0.2, 0.25) is 0 Å². The van der Waals surface area contributed by atoms with Crippen LogP contribution in [0.1, 0.15) is 24.5 Å². The van der Waals surface area contributed by atoms with Crippen molar-refractivity contribution < 1.29 is 27.4 Å². The first-order chi connectivity index (χ1) is 14.7. The fourth-order valence-corrected chi connectivity index (χ4v) is 3.57. The van der Waals surface area contributed by atoms with E-state index in [0.29, 0.717) is 44.1 Å². The van der Waals surface area contributed by atoms with Crippen molar-refractivity contribution in [1.29, 1.82) is 0 Å². The summed E-state index contributed by atoms with van der Waals surface area (Å²) in [6.07, 6.45) is -1.33. The van der Waals surface area contributed by atoms with E-state index in [1.165, 1.54) is 12.1 Å². The second-order valence-electron chi connectivity index (χ2n) is 8.02. The molecule has 2 heterocycles. The third-order valence-electron chi connectivity index (χ3n) is 5.60. The van der Waals surface area contributed by atoms with Crippen molar-refractivity contribution >= 4 is 22.5 Å². The number of nitrogens with one attached hydrogen (secondary N) is 2. The maximum Gasteiger partial charge on any atom is 0.416 e. The summed E-state index contributed by atoms with van der Waals surface area (Å²) in [5.41, 5.74) is 1.36. The third kappa shape index (κ3) is 4.69. The highest BCUT2D eigenvalue weighted by Gasteiger charge is 2.37. The molecular weight excluding hydrogens is 409 g/mol. The summed E-state index contributed by atoms with van der Waals surface area (Å²) in [4.78, 5) is 15.8. The number of aromatic amines is 1. The molecule has 1 aliphatic heterocycles. The molecule has 4 rings (SSSR count). The number of anilines is 1. The zero-order chi connectivity index (χ0) is 22.1. The van der Waals surface area contributed by atoms with Crippen LogP contribution in [0, 0.1) is 5.41 Å². The van der Waals surface area contributed by atoms with Gasteiger partial charge in [-0.15, -0.1) is 0 Å². The second-order valence-corrected chi connectivity index (χ2v) is 8.02. The highest BCUT2D eigenvalue weighted by Crippen LogP contribution is 2.32. The molecule has 1 atom stereocenters. The number of benzene rings is 2. The van der Waals surface area contributed by atoms with Crippen LogP contribution >= 0.6 is 0 Å². The van der Waals surface area contributed by atoms with E-state index in [4.69, 9.17) is 9.47 Å². The van der Waals surface area contributed by atoms with Gasteiger partial charge in [-0.3, -0.25) is 4.79 Å². The number of carbonyl (C=O) groups excluding carboxylic acids is 1. The summed E-state index contributed by atoms with van der Waals surface area (Å²) in [6.45, 7) is 3.21. The standard InChI is InChI=1S/C23H23F3N2O3/c1-22(9-11-30-14-22)21(29)28-20-13-27-19-7-2-15(12-18(19)20)8-10-31-17-5-3-16(4-6-17)23(24,25)26/h2-7,12-13,27H,8-11,14H2,1H3,(H,28,29). The molecule has 1 fully saturated rings. The Balaban J connectivity index is 1.40. The van der Waals surface area contributed by atoms with E-state index in [9.17, 15) is 18.0 Å². The maximum atomic E-state index is 12.7. The minimum atomic E-state index is -4.36. The van der Waals surface area contributed by atoms with E-state index in [-0.39, 0.29) is 5.91 Å². The fraction of sp³-hybridized carbons (Fsp3) is 0.348. The minimum Gasteiger partial charge on any atom is -0.493 e. The third-order valence-corrected chi connectivity index (χ3v) is 5.60. The zero-order valence-corrected chi connectivity index (χ0v) is 17.0. The number of halogens is 3. The van der Waals surface area contributed by atoms with Gasteiger partial charge in [-0.25, -0.2) is 0 Å². The number of ether oxygens (including phenoxy) is 2. The maximum absolute atomic E-state index is 12.7. The summed E-state index contributed by atoms with van der Waals surface area (Å²) in [5, 5.41) is 3.89. The molecule has 5 nitrogen and oxygen atoms in total. The minimum absolute atomic E-state index is 0.0676. The Hall–Kier alpha value is -3.00. The number of fused-ring (bicyclic) bond motifs is 1. The predicted molar refractivity (Wildman–Crippen MR) is 111 cm³/mol. The van der Waals surface area contributed by atoms with Crippen molar-refractivity contribution in [3.63, 3.8) is 0 Å². The first-order valence-corrected chi connectivity index (χ1v) is 10.0. The molecule has 2 N–H and O–H groups in total. The number of amides is 1. The van der Waals surface area contributed by atoms with E-state index >= 15 is 0 Å². The lowest BCUT2D eigenvalue weighted by Crippen LogP contribution is -2.33. The van der Waals surface area contributed by atoms with Gasteiger partial charge in [0.25, 0.3) is 0 Å². The van der Waals surface area contributed by atoms with E-state index < -0.39 is 17.2 Å². The average molecular weight is 432 g/mol. The number of aromatic nitrogens is 1. The quantitative estimate of drug-likeness (QED) is 0.565. The zero-order valence-electron chi connectivity index (χ0n) is 17.0. The van der Waals surface area contributed by atoms with Crippen LogP contribution in [0.15, 0.2) is 48.7 Å². The molecule has 0 saturated carbocycles. The Bertz CT molecular complexity index is 1070. The number of rotatable bonds is 6. The Kier molecular flexibility index (Phi) is 5.66. The number of carbonyl (C=O) groups is 1. The fourth-order valence-electron chi connectivity index (χ4n) is 3.57. The van der Waals surface area contributed by atoms with Gasteiger partial charge < -0.3 is 19.8 Å². The van der Waals surface area contributed by atoms with Gasteiger partial charge in [-0.1, -0.05) is 6.07 Å². The SMILES string of the molecule is CC1(C(=O)Nc2c[nH]c3ccc(CCOc4ccc(C(F)(F)F)cc4)cc23)CCOC1. The normalized spacial score (nSPS) is 19.0. The van der Waals surface area contributed by atoms with Gasteiger partial charge in [0.05, 0.1) is 29.9 Å². The van der Waals surface area contributed by atoms with E-state index in [1.54, 1.807) is 6.20 Å². The van der Waals surface area contributed by atoms with Gasteiger partial charge in [0.2, 0.25) is 5.91 Å². The Morgan fingerprint density at radius 1 is 1.23 bits per heavy atom. The van der Waals surface area contributed by atoms with Gasteiger partial charge >= 0.3 is 6.18 Å². The van der Waals surface area contributed by atoms with Crippen LogP contribution < -0.4 is 10.1 Å². The smallest absolute Gasteiger partial charge is 0.416 e. The molecular formula is C23H23F3N2O3. The molecule has 1 aliphatic rings. The summed E-state index contributed by atoms with van der Waals surface area (Å²) in [5.74, 6) is 0.317. The summed E-state index contributed by atoms with van der Waals surface area (Å²) < 4.78 is 48.9. The molecule has 0 radical (unpaired) electrons. The summed E-state index contributed by atoms with van der Waals surface area (Å²) >= 11 is 0. The molecule has 1 saturated heterocycles. The highest BCUT2D eigenvalue weighted by molar-refractivity contribution is 6.03. The first kappa shape index (κ1) is 21.2. The number of alkyl halides is 3. The second kappa shape index (κ2) is 8.26. The van der Waals surface area contributed by atoms with Crippen LogP contribution in [0.4, 0.5) is 18.9 Å². The predicted octanol–water partition coefficient (Wildman–Crippen LogP) is 5.17. The topological polar surface area (TPSA) is 63.4 Å². The van der Waals surface area contributed by atoms with Crippen molar-refractivity contribution in [2.45, 2.75) is 25.9 Å². The lowest BCUT2D eigenvalue weighted by Gasteiger charge is -2.20. The molecule has 1 aromatic heterocycles. The van der Waals surface area contributed by atoms with Crippen molar-refractivity contribution in [1.82, 2.24) is 4.98 Å². The van der Waals surface area contributed by atoms with Crippen LogP contribution in [-0.2, 0) is 22.1 Å². The number of hydrogen-bond acceptors (Lipinski definition) is 3. The monoisotopic (exact) mass is 432 g/mol. The van der Waals surface area contributed by atoms with Gasteiger partial charge in [0.15, 0.2) is 0 Å². The lowest BCUT2D eigenvalue weighted by molar-refractivity contribution is -0.137. The Labute approximate surface area is 177 Å². The number of hydrogen-bond donors (Lipinski definition) is 2.